The second kappa shape index (κ2) is 3.81. The molecule has 0 radical (unpaired) electrons. The Morgan fingerprint density at radius 2 is 2.33 bits per heavy atom. The predicted octanol–water partition coefficient (Wildman–Crippen LogP) is 2.16. The van der Waals surface area contributed by atoms with Gasteiger partial charge in [0.25, 0.3) is 0 Å². The van der Waals surface area contributed by atoms with E-state index in [1.807, 2.05) is 0 Å². The van der Waals surface area contributed by atoms with E-state index in [-0.39, 0.29) is 0 Å². The first-order valence-electron chi connectivity index (χ1n) is 4.08. The van der Waals surface area contributed by atoms with Gasteiger partial charge in [-0.3, -0.25) is 4.68 Å². The van der Waals surface area contributed by atoms with E-state index in [0.717, 1.165) is 13.0 Å². The molecule has 0 atom stereocenters. The minimum Gasteiger partial charge on any atom is -0.381 e. The number of hydrogen-bond acceptors (Lipinski definition) is 2. The molecule has 0 aliphatic carbocycles. The van der Waals surface area contributed by atoms with Crippen LogP contribution >= 0.6 is 11.6 Å². The molecule has 1 heterocycles. The Hall–Kier alpha value is -0.700. The standard InChI is InChI=1S/C8H14ClN3/c1-6(2)3-4-12-5-7(9)8(10)11-12/h5-6H,3-4H2,1-2H3,(H2,10,11). The fraction of sp³-hybridized carbons (Fsp3) is 0.625. The molecule has 0 aromatic carbocycles. The summed E-state index contributed by atoms with van der Waals surface area (Å²) in [6.45, 7) is 5.23. The normalized spacial score (nSPS) is 11.0. The summed E-state index contributed by atoms with van der Waals surface area (Å²) in [7, 11) is 0. The van der Waals surface area contributed by atoms with Gasteiger partial charge >= 0.3 is 0 Å². The third-order valence-corrected chi connectivity index (χ3v) is 1.97. The van der Waals surface area contributed by atoms with Crippen molar-refractivity contribution < 1.29 is 0 Å². The first-order valence-corrected chi connectivity index (χ1v) is 4.46. The first-order chi connectivity index (χ1) is 5.59. The summed E-state index contributed by atoms with van der Waals surface area (Å²) in [5.74, 6) is 1.09. The quantitative estimate of drug-likeness (QED) is 0.788. The van der Waals surface area contributed by atoms with Gasteiger partial charge in [-0.1, -0.05) is 25.4 Å². The van der Waals surface area contributed by atoms with E-state index >= 15 is 0 Å². The topological polar surface area (TPSA) is 43.8 Å². The summed E-state index contributed by atoms with van der Waals surface area (Å²) in [5, 5.41) is 4.59. The van der Waals surface area contributed by atoms with E-state index in [9.17, 15) is 0 Å². The molecule has 3 nitrogen and oxygen atoms in total. The van der Waals surface area contributed by atoms with Crippen molar-refractivity contribution in [3.63, 3.8) is 0 Å². The summed E-state index contributed by atoms with van der Waals surface area (Å²) in [6.07, 6.45) is 2.86. The highest BCUT2D eigenvalue weighted by Gasteiger charge is 2.02. The number of rotatable bonds is 3. The molecule has 68 valence electrons. The second-order valence-electron chi connectivity index (χ2n) is 3.31. The van der Waals surface area contributed by atoms with Crippen LogP contribution < -0.4 is 5.73 Å². The van der Waals surface area contributed by atoms with E-state index < -0.39 is 0 Å². The van der Waals surface area contributed by atoms with Crippen LogP contribution in [-0.2, 0) is 6.54 Å². The van der Waals surface area contributed by atoms with Gasteiger partial charge in [0.1, 0.15) is 5.02 Å². The van der Waals surface area contributed by atoms with E-state index in [2.05, 4.69) is 18.9 Å². The maximum absolute atomic E-state index is 5.74. The Kier molecular flexibility index (Phi) is 2.98. The molecule has 0 amide bonds. The van der Waals surface area contributed by atoms with Gasteiger partial charge in [-0.15, -0.1) is 0 Å². The fourth-order valence-corrected chi connectivity index (χ4v) is 1.07. The largest absolute Gasteiger partial charge is 0.381 e. The van der Waals surface area contributed by atoms with Gasteiger partial charge in [0, 0.05) is 12.7 Å². The van der Waals surface area contributed by atoms with Crippen LogP contribution in [0.2, 0.25) is 5.02 Å². The maximum Gasteiger partial charge on any atom is 0.164 e. The predicted molar refractivity (Wildman–Crippen MR) is 51.1 cm³/mol. The lowest BCUT2D eigenvalue weighted by molar-refractivity contribution is 0.488. The molecule has 4 heteroatoms. The van der Waals surface area contributed by atoms with Gasteiger partial charge in [0.15, 0.2) is 5.82 Å². The monoisotopic (exact) mass is 187 g/mol. The molecule has 12 heavy (non-hydrogen) atoms. The van der Waals surface area contributed by atoms with Crippen LogP contribution in [0.4, 0.5) is 5.82 Å². The summed E-state index contributed by atoms with van der Waals surface area (Å²) in [5.41, 5.74) is 5.48. The van der Waals surface area contributed by atoms with Crippen LogP contribution in [0.5, 0.6) is 0 Å². The molecular formula is C8H14ClN3. The fourth-order valence-electron chi connectivity index (χ4n) is 0.917. The van der Waals surface area contributed by atoms with Crippen LogP contribution in [0.3, 0.4) is 0 Å². The molecule has 0 fully saturated rings. The molecule has 1 aromatic rings. The average Bonchev–Trinajstić information content (AvgIpc) is 2.28. The number of nitrogens with zero attached hydrogens (tertiary/aromatic N) is 2. The lowest BCUT2D eigenvalue weighted by Gasteiger charge is -2.03. The lowest BCUT2D eigenvalue weighted by Crippen LogP contribution is -2.02. The third kappa shape index (κ3) is 2.41. The summed E-state index contributed by atoms with van der Waals surface area (Å²) >= 11 is 5.74. The van der Waals surface area contributed by atoms with Gasteiger partial charge in [-0.05, 0) is 12.3 Å². The summed E-state index contributed by atoms with van der Waals surface area (Å²) in [4.78, 5) is 0. The number of nitrogens with two attached hydrogens (primary N) is 1. The van der Waals surface area contributed by atoms with Crippen LogP contribution in [0.25, 0.3) is 0 Å². The zero-order valence-electron chi connectivity index (χ0n) is 7.42. The molecule has 0 unspecified atom stereocenters. The van der Waals surface area contributed by atoms with Crippen LogP contribution in [-0.4, -0.2) is 9.78 Å². The molecule has 1 rings (SSSR count). The highest BCUT2D eigenvalue weighted by molar-refractivity contribution is 6.32. The van der Waals surface area contributed by atoms with E-state index in [1.165, 1.54) is 0 Å². The van der Waals surface area contributed by atoms with Crippen LogP contribution in [0.15, 0.2) is 6.20 Å². The Morgan fingerprint density at radius 3 is 2.75 bits per heavy atom. The summed E-state index contributed by atoms with van der Waals surface area (Å²) in [6, 6.07) is 0. The maximum atomic E-state index is 5.74. The zero-order chi connectivity index (χ0) is 9.14. The Labute approximate surface area is 77.5 Å². The van der Waals surface area contributed by atoms with Crippen molar-refractivity contribution in [3.05, 3.63) is 11.2 Å². The highest BCUT2D eigenvalue weighted by Crippen LogP contribution is 2.15. The molecule has 0 spiro atoms. The number of anilines is 1. The van der Waals surface area contributed by atoms with Gasteiger partial charge in [0.05, 0.1) is 0 Å². The Morgan fingerprint density at radius 1 is 1.67 bits per heavy atom. The van der Waals surface area contributed by atoms with Crippen molar-refractivity contribution in [1.29, 1.82) is 0 Å². The van der Waals surface area contributed by atoms with Gasteiger partial charge in [-0.2, -0.15) is 5.10 Å². The van der Waals surface area contributed by atoms with Gasteiger partial charge < -0.3 is 5.73 Å². The lowest BCUT2D eigenvalue weighted by atomic mass is 10.1. The van der Waals surface area contributed by atoms with Crippen molar-refractivity contribution in [2.75, 3.05) is 5.73 Å². The molecule has 0 saturated carbocycles. The SMILES string of the molecule is CC(C)CCn1cc(Cl)c(N)n1. The van der Waals surface area contributed by atoms with Crippen molar-refractivity contribution in [3.8, 4) is 0 Å². The number of halogens is 1. The first kappa shape index (κ1) is 9.39. The smallest absolute Gasteiger partial charge is 0.164 e. The molecule has 0 bridgehead atoms. The van der Waals surface area contributed by atoms with Crippen molar-refractivity contribution in [2.45, 2.75) is 26.8 Å². The third-order valence-electron chi connectivity index (χ3n) is 1.68. The minimum atomic E-state index is 0.417. The van der Waals surface area contributed by atoms with E-state index in [1.54, 1.807) is 10.9 Å². The number of aryl methyl sites for hydroxylation is 1. The Balaban J connectivity index is 2.53. The summed E-state index contributed by atoms with van der Waals surface area (Å²) < 4.78 is 1.79. The van der Waals surface area contributed by atoms with Crippen molar-refractivity contribution in [2.24, 2.45) is 5.92 Å². The highest BCUT2D eigenvalue weighted by atomic mass is 35.5. The Bertz CT molecular complexity index is 235. The van der Waals surface area contributed by atoms with Crippen molar-refractivity contribution >= 4 is 17.4 Å². The zero-order valence-corrected chi connectivity index (χ0v) is 8.17. The van der Waals surface area contributed by atoms with Crippen LogP contribution in [0, 0.1) is 5.92 Å². The number of aromatic nitrogens is 2. The molecular weight excluding hydrogens is 174 g/mol. The van der Waals surface area contributed by atoms with E-state index in [0.29, 0.717) is 16.8 Å². The van der Waals surface area contributed by atoms with Gasteiger partial charge in [0.2, 0.25) is 0 Å². The molecule has 0 saturated heterocycles. The number of nitrogen functional groups attached to an aromatic ring is 1. The van der Waals surface area contributed by atoms with Crippen molar-refractivity contribution in [1.82, 2.24) is 9.78 Å². The molecule has 0 aliphatic rings. The number of hydrogen-bond donors (Lipinski definition) is 1. The minimum absolute atomic E-state index is 0.417. The van der Waals surface area contributed by atoms with Crippen LogP contribution in [0.1, 0.15) is 20.3 Å². The molecule has 2 N–H and O–H groups in total. The molecule has 0 aliphatic heterocycles. The van der Waals surface area contributed by atoms with E-state index in [4.69, 9.17) is 17.3 Å². The van der Waals surface area contributed by atoms with Gasteiger partial charge in [-0.25, -0.2) is 0 Å². The average molecular weight is 188 g/mol. The molecule has 1 aromatic heterocycles. The second-order valence-corrected chi connectivity index (χ2v) is 3.72.